The predicted octanol–water partition coefficient (Wildman–Crippen LogP) is 5.87. The molecule has 0 aliphatic carbocycles. The van der Waals surface area contributed by atoms with Crippen LogP contribution in [0.3, 0.4) is 0 Å². The van der Waals surface area contributed by atoms with E-state index in [9.17, 15) is 0 Å². The molecule has 0 saturated carbocycles. The molecule has 0 bridgehead atoms. The highest BCUT2D eigenvalue weighted by molar-refractivity contribution is 6.30. The molecular formula is C23H21Cl2N3. The Balaban J connectivity index is 1.64. The molecule has 2 unspecified atom stereocenters. The second kappa shape index (κ2) is 7.40. The van der Waals surface area contributed by atoms with E-state index in [1.807, 2.05) is 30.6 Å². The van der Waals surface area contributed by atoms with Gasteiger partial charge in [0.05, 0.1) is 5.69 Å². The molecule has 2 aliphatic rings. The second-order valence-electron chi connectivity index (χ2n) is 7.54. The number of hydrogen-bond acceptors (Lipinski definition) is 2. The normalized spacial score (nSPS) is 22.1. The number of alkyl halides is 1. The molecule has 2 aromatic heterocycles. The van der Waals surface area contributed by atoms with E-state index in [0.717, 1.165) is 47.8 Å². The van der Waals surface area contributed by atoms with Crippen LogP contribution in [-0.2, 0) is 0 Å². The first-order valence-corrected chi connectivity index (χ1v) is 10.5. The van der Waals surface area contributed by atoms with Crippen molar-refractivity contribution in [2.75, 3.05) is 13.1 Å². The van der Waals surface area contributed by atoms with Crippen LogP contribution in [0.15, 0.2) is 61.1 Å². The summed E-state index contributed by atoms with van der Waals surface area (Å²) in [6.07, 6.45) is 10.3. The Hall–Kier alpha value is -2.07. The van der Waals surface area contributed by atoms with Gasteiger partial charge in [-0.05, 0) is 48.2 Å². The molecule has 3 nitrogen and oxygen atoms in total. The Morgan fingerprint density at radius 1 is 1.11 bits per heavy atom. The van der Waals surface area contributed by atoms with Crippen LogP contribution in [0.2, 0.25) is 5.02 Å². The molecule has 1 fully saturated rings. The maximum Gasteiger partial charge on any atom is 0.0540 e. The third kappa shape index (κ3) is 3.28. The monoisotopic (exact) mass is 409 g/mol. The minimum atomic E-state index is 0.258. The van der Waals surface area contributed by atoms with E-state index in [2.05, 4.69) is 45.3 Å². The lowest BCUT2D eigenvalue weighted by Gasteiger charge is -2.28. The lowest BCUT2D eigenvalue weighted by molar-refractivity contribution is 0.288. The molecule has 0 radical (unpaired) electrons. The Morgan fingerprint density at radius 3 is 2.79 bits per heavy atom. The number of hydrogen-bond donors (Lipinski definition) is 1. The largest absolute Gasteiger partial charge is 0.360 e. The fourth-order valence-corrected chi connectivity index (χ4v) is 5.03. The number of nitrogens with one attached hydrogen (secondary N) is 1. The van der Waals surface area contributed by atoms with Crippen molar-refractivity contribution in [1.82, 2.24) is 14.9 Å². The predicted molar refractivity (Wildman–Crippen MR) is 117 cm³/mol. The number of halogens is 2. The summed E-state index contributed by atoms with van der Waals surface area (Å²) in [4.78, 5) is 10.2. The van der Waals surface area contributed by atoms with Crippen LogP contribution in [0.4, 0.5) is 0 Å². The highest BCUT2D eigenvalue weighted by Crippen LogP contribution is 2.41. The van der Waals surface area contributed by atoms with E-state index < -0.39 is 0 Å². The SMILES string of the molecule is Clc1cccc(-c2[nH]cc(C3=CC4CC(Cl)CN4CC3)c2-c2ccncc2)c1. The highest BCUT2D eigenvalue weighted by atomic mass is 35.5. The van der Waals surface area contributed by atoms with Crippen LogP contribution in [-0.4, -0.2) is 39.4 Å². The second-order valence-corrected chi connectivity index (χ2v) is 8.59. The molecule has 28 heavy (non-hydrogen) atoms. The molecule has 5 rings (SSSR count). The molecule has 2 atom stereocenters. The summed E-state index contributed by atoms with van der Waals surface area (Å²) in [5.74, 6) is 0. The van der Waals surface area contributed by atoms with E-state index in [1.54, 1.807) is 0 Å². The summed E-state index contributed by atoms with van der Waals surface area (Å²) < 4.78 is 0. The summed E-state index contributed by atoms with van der Waals surface area (Å²) in [5, 5.41) is 0.995. The first-order chi connectivity index (χ1) is 13.7. The molecule has 4 heterocycles. The van der Waals surface area contributed by atoms with Gasteiger partial charge < -0.3 is 4.98 Å². The summed E-state index contributed by atoms with van der Waals surface area (Å²) in [7, 11) is 0. The van der Waals surface area contributed by atoms with Gasteiger partial charge >= 0.3 is 0 Å². The molecule has 5 heteroatoms. The van der Waals surface area contributed by atoms with Crippen LogP contribution in [0, 0.1) is 0 Å². The van der Waals surface area contributed by atoms with Gasteiger partial charge in [-0.25, -0.2) is 0 Å². The van der Waals surface area contributed by atoms with Gasteiger partial charge in [-0.1, -0.05) is 29.8 Å². The summed E-state index contributed by atoms with van der Waals surface area (Å²) >= 11 is 12.7. The summed E-state index contributed by atoms with van der Waals surface area (Å²) in [6, 6.07) is 12.6. The number of fused-ring (bicyclic) bond motifs is 1. The van der Waals surface area contributed by atoms with Crippen molar-refractivity contribution in [3.63, 3.8) is 0 Å². The van der Waals surface area contributed by atoms with Crippen molar-refractivity contribution in [2.24, 2.45) is 0 Å². The maximum absolute atomic E-state index is 6.41. The van der Waals surface area contributed by atoms with Gasteiger partial charge in [0.1, 0.15) is 0 Å². The van der Waals surface area contributed by atoms with Gasteiger partial charge in [0.25, 0.3) is 0 Å². The fourth-order valence-electron chi connectivity index (χ4n) is 4.48. The van der Waals surface area contributed by atoms with E-state index in [1.165, 1.54) is 16.7 Å². The van der Waals surface area contributed by atoms with Crippen molar-refractivity contribution < 1.29 is 0 Å². The zero-order valence-electron chi connectivity index (χ0n) is 15.4. The number of benzene rings is 1. The molecule has 1 aromatic carbocycles. The molecule has 3 aromatic rings. The Kier molecular flexibility index (Phi) is 4.75. The molecule has 0 spiro atoms. The van der Waals surface area contributed by atoms with Crippen molar-refractivity contribution in [3.8, 4) is 22.4 Å². The van der Waals surface area contributed by atoms with Gasteiger partial charge in [0.15, 0.2) is 0 Å². The van der Waals surface area contributed by atoms with Crippen LogP contribution >= 0.6 is 23.2 Å². The molecule has 142 valence electrons. The molecular weight excluding hydrogens is 389 g/mol. The van der Waals surface area contributed by atoms with E-state index in [4.69, 9.17) is 23.2 Å². The van der Waals surface area contributed by atoms with Gasteiger partial charge in [-0.15, -0.1) is 11.6 Å². The highest BCUT2D eigenvalue weighted by Gasteiger charge is 2.33. The number of H-pyrrole nitrogens is 1. The number of pyridine rings is 1. The summed E-state index contributed by atoms with van der Waals surface area (Å²) in [5.41, 5.74) is 7.21. The third-order valence-corrected chi connectivity index (χ3v) is 6.32. The van der Waals surface area contributed by atoms with E-state index in [-0.39, 0.29) is 5.38 Å². The molecule has 2 aliphatic heterocycles. The van der Waals surface area contributed by atoms with Crippen molar-refractivity contribution in [3.05, 3.63) is 71.7 Å². The lowest BCUT2D eigenvalue weighted by atomic mass is 9.90. The smallest absolute Gasteiger partial charge is 0.0540 e. The van der Waals surface area contributed by atoms with E-state index in [0.29, 0.717) is 6.04 Å². The number of aromatic amines is 1. The van der Waals surface area contributed by atoms with Crippen molar-refractivity contribution >= 4 is 28.8 Å². The Morgan fingerprint density at radius 2 is 1.96 bits per heavy atom. The zero-order chi connectivity index (χ0) is 19.1. The number of nitrogens with zero attached hydrogens (tertiary/aromatic N) is 2. The third-order valence-electron chi connectivity index (χ3n) is 5.77. The van der Waals surface area contributed by atoms with Crippen molar-refractivity contribution in [1.29, 1.82) is 0 Å². The van der Waals surface area contributed by atoms with Crippen LogP contribution in [0.1, 0.15) is 18.4 Å². The minimum Gasteiger partial charge on any atom is -0.360 e. The van der Waals surface area contributed by atoms with Crippen LogP contribution in [0.5, 0.6) is 0 Å². The summed E-state index contributed by atoms with van der Waals surface area (Å²) in [6.45, 7) is 2.06. The Labute approximate surface area is 175 Å². The first kappa shape index (κ1) is 18.0. The van der Waals surface area contributed by atoms with Crippen LogP contribution < -0.4 is 0 Å². The van der Waals surface area contributed by atoms with Gasteiger partial charge in [0, 0.05) is 64.8 Å². The van der Waals surface area contributed by atoms with Gasteiger partial charge in [-0.2, -0.15) is 0 Å². The lowest BCUT2D eigenvalue weighted by Crippen LogP contribution is -2.32. The zero-order valence-corrected chi connectivity index (χ0v) is 16.9. The standard InChI is InChI=1S/C23H21Cl2N3/c24-18-3-1-2-17(10-18)23-22(15-4-7-26-8-5-15)21(13-27-23)16-6-9-28-14-19(25)12-20(28)11-16/h1-5,7-8,10-11,13,19-20,27H,6,9,12,14H2. The number of rotatable bonds is 3. The molecule has 1 N–H and O–H groups in total. The topological polar surface area (TPSA) is 31.9 Å². The average Bonchev–Trinajstić information content (AvgIpc) is 3.30. The van der Waals surface area contributed by atoms with Crippen molar-refractivity contribution in [2.45, 2.75) is 24.3 Å². The number of aromatic nitrogens is 2. The Bertz CT molecular complexity index is 1030. The average molecular weight is 410 g/mol. The van der Waals surface area contributed by atoms with E-state index >= 15 is 0 Å². The quantitative estimate of drug-likeness (QED) is 0.548. The molecule has 0 amide bonds. The maximum atomic E-state index is 6.41. The van der Waals surface area contributed by atoms with Gasteiger partial charge in [-0.3, -0.25) is 9.88 Å². The fraction of sp³-hybridized carbons (Fsp3) is 0.261. The van der Waals surface area contributed by atoms with Gasteiger partial charge in [0.2, 0.25) is 0 Å². The molecule has 1 saturated heterocycles. The minimum absolute atomic E-state index is 0.258. The van der Waals surface area contributed by atoms with Crippen LogP contribution in [0.25, 0.3) is 28.0 Å². The first-order valence-electron chi connectivity index (χ1n) is 9.66.